The van der Waals surface area contributed by atoms with E-state index in [4.69, 9.17) is 0 Å². The first-order valence-electron chi connectivity index (χ1n) is 7.13. The van der Waals surface area contributed by atoms with Crippen LogP contribution < -0.4 is 5.01 Å². The van der Waals surface area contributed by atoms with Crippen LogP contribution in [0.2, 0.25) is 0 Å². The van der Waals surface area contributed by atoms with Gasteiger partial charge < -0.3 is 0 Å². The summed E-state index contributed by atoms with van der Waals surface area (Å²) < 4.78 is 0. The number of rotatable bonds is 6. The highest BCUT2D eigenvalue weighted by molar-refractivity contribution is 7.11. The Balaban J connectivity index is 2.14. The van der Waals surface area contributed by atoms with Crippen molar-refractivity contribution in [3.63, 3.8) is 0 Å². The molecule has 0 fully saturated rings. The maximum Gasteiger partial charge on any atom is 0.153 e. The second kappa shape index (κ2) is 7.74. The lowest BCUT2D eigenvalue weighted by molar-refractivity contribution is 0.645. The van der Waals surface area contributed by atoms with Crippen LogP contribution in [0, 0.1) is 5.92 Å². The number of pyridine rings is 1. The molecule has 0 aliphatic heterocycles. The molecular weight excluding hydrogens is 278 g/mol. The van der Waals surface area contributed by atoms with Crippen LogP contribution in [0.25, 0.3) is 0 Å². The molecule has 0 aromatic carbocycles. The van der Waals surface area contributed by atoms with Crippen LogP contribution in [0.1, 0.15) is 31.2 Å². The number of thiophene rings is 1. The van der Waals surface area contributed by atoms with E-state index >= 15 is 0 Å². The third-order valence-electron chi connectivity index (χ3n) is 2.83. The molecule has 0 radical (unpaired) electrons. The van der Waals surface area contributed by atoms with E-state index in [1.165, 1.54) is 5.56 Å². The standard InChI is InChI=1S/C17H21N3S/c1-4-9-20(19-13-16-6-5-10-21-16)17-8-7-15(12-18-17)11-14(2)3/h4-10,12-14H,11H2,1-3H3/b9-4-,19-13+. The van der Waals surface area contributed by atoms with Gasteiger partial charge in [0.1, 0.15) is 0 Å². The molecule has 0 saturated carbocycles. The number of allylic oxidation sites excluding steroid dienone is 1. The van der Waals surface area contributed by atoms with Gasteiger partial charge in [0.25, 0.3) is 0 Å². The molecule has 2 aromatic heterocycles. The third-order valence-corrected chi connectivity index (χ3v) is 3.64. The zero-order valence-corrected chi connectivity index (χ0v) is 13.5. The molecular formula is C17H21N3S. The van der Waals surface area contributed by atoms with Gasteiger partial charge in [-0.2, -0.15) is 5.10 Å². The molecule has 0 atom stereocenters. The molecule has 2 rings (SSSR count). The topological polar surface area (TPSA) is 28.5 Å². The summed E-state index contributed by atoms with van der Waals surface area (Å²) in [6.07, 6.45) is 8.71. The van der Waals surface area contributed by atoms with Crippen LogP contribution >= 0.6 is 11.3 Å². The lowest BCUT2D eigenvalue weighted by atomic mass is 10.1. The van der Waals surface area contributed by atoms with Gasteiger partial charge in [-0.15, -0.1) is 11.3 Å². The van der Waals surface area contributed by atoms with Crippen LogP contribution in [-0.2, 0) is 6.42 Å². The zero-order chi connectivity index (χ0) is 15.1. The Bertz CT molecular complexity index is 583. The molecule has 0 spiro atoms. The molecule has 0 N–H and O–H groups in total. The van der Waals surface area contributed by atoms with Crippen molar-refractivity contribution in [3.8, 4) is 0 Å². The van der Waals surface area contributed by atoms with Gasteiger partial charge in [0.15, 0.2) is 5.82 Å². The summed E-state index contributed by atoms with van der Waals surface area (Å²) in [7, 11) is 0. The predicted octanol–water partition coefficient (Wildman–Crippen LogP) is 4.72. The molecule has 0 saturated heterocycles. The fourth-order valence-electron chi connectivity index (χ4n) is 1.94. The van der Waals surface area contributed by atoms with Gasteiger partial charge in [-0.1, -0.05) is 32.1 Å². The number of hydrogen-bond acceptors (Lipinski definition) is 4. The quantitative estimate of drug-likeness (QED) is 0.570. The van der Waals surface area contributed by atoms with Crippen molar-refractivity contribution in [2.24, 2.45) is 11.0 Å². The van der Waals surface area contributed by atoms with Gasteiger partial charge in [-0.3, -0.25) is 0 Å². The first-order chi connectivity index (χ1) is 10.2. The molecule has 4 heteroatoms. The van der Waals surface area contributed by atoms with E-state index in [0.29, 0.717) is 5.92 Å². The van der Waals surface area contributed by atoms with Crippen molar-refractivity contribution < 1.29 is 0 Å². The van der Waals surface area contributed by atoms with Crippen molar-refractivity contribution in [2.45, 2.75) is 27.2 Å². The average Bonchev–Trinajstić information content (AvgIpc) is 2.97. The Morgan fingerprint density at radius 2 is 2.19 bits per heavy atom. The monoisotopic (exact) mass is 299 g/mol. The lowest BCUT2D eigenvalue weighted by Gasteiger charge is -2.13. The predicted molar refractivity (Wildman–Crippen MR) is 92.0 cm³/mol. The summed E-state index contributed by atoms with van der Waals surface area (Å²) >= 11 is 1.67. The summed E-state index contributed by atoms with van der Waals surface area (Å²) in [5.74, 6) is 1.47. The van der Waals surface area contributed by atoms with E-state index in [9.17, 15) is 0 Å². The van der Waals surface area contributed by atoms with Crippen LogP contribution in [-0.4, -0.2) is 11.2 Å². The number of hydrogen-bond donors (Lipinski definition) is 0. The van der Waals surface area contributed by atoms with E-state index in [1.807, 2.05) is 55.2 Å². The van der Waals surface area contributed by atoms with Gasteiger partial charge in [0, 0.05) is 17.3 Å². The van der Waals surface area contributed by atoms with E-state index < -0.39 is 0 Å². The summed E-state index contributed by atoms with van der Waals surface area (Å²) in [4.78, 5) is 5.64. The molecule has 2 aromatic rings. The summed E-state index contributed by atoms with van der Waals surface area (Å²) in [6, 6.07) is 8.20. The van der Waals surface area contributed by atoms with Crippen molar-refractivity contribution >= 4 is 23.4 Å². The van der Waals surface area contributed by atoms with E-state index in [-0.39, 0.29) is 0 Å². The van der Waals surface area contributed by atoms with Crippen LogP contribution in [0.3, 0.4) is 0 Å². The maximum atomic E-state index is 4.51. The number of nitrogens with zero attached hydrogens (tertiary/aromatic N) is 3. The van der Waals surface area contributed by atoms with Gasteiger partial charge in [0.05, 0.1) is 6.21 Å². The molecule has 0 amide bonds. The van der Waals surface area contributed by atoms with Crippen molar-refractivity contribution in [1.82, 2.24) is 4.98 Å². The SMILES string of the molecule is C/C=C\N(/N=C/c1cccs1)c1ccc(CC(C)C)cn1. The Morgan fingerprint density at radius 1 is 1.33 bits per heavy atom. The van der Waals surface area contributed by atoms with Crippen molar-refractivity contribution in [1.29, 1.82) is 0 Å². The van der Waals surface area contributed by atoms with Crippen LogP contribution in [0.15, 0.2) is 53.2 Å². The zero-order valence-electron chi connectivity index (χ0n) is 12.7. The smallest absolute Gasteiger partial charge is 0.153 e. The van der Waals surface area contributed by atoms with Crippen molar-refractivity contribution in [3.05, 3.63) is 58.6 Å². The average molecular weight is 299 g/mol. The Kier molecular flexibility index (Phi) is 5.69. The largest absolute Gasteiger partial charge is 0.237 e. The van der Waals surface area contributed by atoms with Crippen LogP contribution in [0.4, 0.5) is 5.82 Å². The van der Waals surface area contributed by atoms with Gasteiger partial charge >= 0.3 is 0 Å². The summed E-state index contributed by atoms with van der Waals surface area (Å²) in [5.41, 5.74) is 1.26. The Morgan fingerprint density at radius 3 is 2.76 bits per heavy atom. The van der Waals surface area contributed by atoms with Crippen LogP contribution in [0.5, 0.6) is 0 Å². The molecule has 2 heterocycles. The van der Waals surface area contributed by atoms with Gasteiger partial charge in [-0.25, -0.2) is 9.99 Å². The second-order valence-electron chi connectivity index (χ2n) is 5.21. The summed E-state index contributed by atoms with van der Waals surface area (Å²) in [6.45, 7) is 6.40. The number of hydrazone groups is 1. The second-order valence-corrected chi connectivity index (χ2v) is 6.19. The first-order valence-corrected chi connectivity index (χ1v) is 8.01. The Labute approximate surface area is 130 Å². The van der Waals surface area contributed by atoms with Crippen molar-refractivity contribution in [2.75, 3.05) is 5.01 Å². The number of anilines is 1. The minimum atomic E-state index is 0.640. The minimum Gasteiger partial charge on any atom is -0.237 e. The highest BCUT2D eigenvalue weighted by atomic mass is 32.1. The lowest BCUT2D eigenvalue weighted by Crippen LogP contribution is -2.09. The molecule has 110 valence electrons. The molecule has 0 bridgehead atoms. The molecule has 0 aliphatic carbocycles. The molecule has 0 aliphatic rings. The normalized spacial score (nSPS) is 11.8. The van der Waals surface area contributed by atoms with E-state index in [2.05, 4.69) is 30.0 Å². The van der Waals surface area contributed by atoms with E-state index in [1.54, 1.807) is 16.3 Å². The molecule has 21 heavy (non-hydrogen) atoms. The van der Waals surface area contributed by atoms with Gasteiger partial charge in [-0.05, 0) is 42.3 Å². The maximum absolute atomic E-state index is 4.51. The fraction of sp³-hybridized carbons (Fsp3) is 0.294. The minimum absolute atomic E-state index is 0.640. The first kappa shape index (κ1) is 15.4. The highest BCUT2D eigenvalue weighted by Crippen LogP contribution is 2.15. The summed E-state index contributed by atoms with van der Waals surface area (Å²) in [5, 5.41) is 8.32. The Hall–Kier alpha value is -1.94. The van der Waals surface area contributed by atoms with Gasteiger partial charge in [0.2, 0.25) is 0 Å². The molecule has 0 unspecified atom stereocenters. The fourth-order valence-corrected chi connectivity index (χ4v) is 2.52. The number of aromatic nitrogens is 1. The molecule has 3 nitrogen and oxygen atoms in total. The highest BCUT2D eigenvalue weighted by Gasteiger charge is 2.04. The third kappa shape index (κ3) is 4.83. The van der Waals surface area contributed by atoms with E-state index in [0.717, 1.165) is 17.1 Å².